The molecule has 0 aromatic heterocycles. The number of likely N-dealkylation sites (tertiary alicyclic amines) is 1. The van der Waals surface area contributed by atoms with Crippen LogP contribution in [0.15, 0.2) is 30.3 Å². The summed E-state index contributed by atoms with van der Waals surface area (Å²) in [7, 11) is 0. The molecule has 0 bridgehead atoms. The van der Waals surface area contributed by atoms with Crippen LogP contribution in [0.2, 0.25) is 0 Å². The third-order valence-corrected chi connectivity index (χ3v) is 5.18. The van der Waals surface area contributed by atoms with Crippen LogP contribution < -0.4 is 5.32 Å². The molecule has 1 aromatic rings. The SMILES string of the molecule is CC1CCN(C(=S)SCC(=O)NC(=O)c2ccccc2)CC1. The van der Waals surface area contributed by atoms with Crippen LogP contribution in [-0.4, -0.2) is 39.9 Å². The second-order valence-electron chi connectivity index (χ2n) is 5.47. The minimum Gasteiger partial charge on any atom is -0.357 e. The minimum atomic E-state index is -0.371. The molecule has 1 saturated heterocycles. The van der Waals surface area contributed by atoms with E-state index < -0.39 is 0 Å². The molecule has 0 unspecified atom stereocenters. The molecule has 0 spiro atoms. The minimum absolute atomic E-state index is 0.170. The summed E-state index contributed by atoms with van der Waals surface area (Å²) in [6.45, 7) is 4.16. The van der Waals surface area contributed by atoms with E-state index in [-0.39, 0.29) is 17.6 Å². The molecule has 118 valence electrons. The topological polar surface area (TPSA) is 49.4 Å². The number of piperidine rings is 1. The van der Waals surface area contributed by atoms with Crippen LogP contribution in [0, 0.1) is 5.92 Å². The van der Waals surface area contributed by atoms with Crippen molar-refractivity contribution in [3.63, 3.8) is 0 Å². The lowest BCUT2D eigenvalue weighted by atomic mass is 10.00. The Labute approximate surface area is 140 Å². The predicted octanol–water partition coefficient (Wildman–Crippen LogP) is 2.69. The Hall–Kier alpha value is -1.40. The zero-order valence-electron chi connectivity index (χ0n) is 12.6. The van der Waals surface area contributed by atoms with Gasteiger partial charge in [0, 0.05) is 18.7 Å². The van der Waals surface area contributed by atoms with E-state index in [1.165, 1.54) is 11.8 Å². The van der Waals surface area contributed by atoms with Crippen LogP contribution in [0.3, 0.4) is 0 Å². The highest BCUT2D eigenvalue weighted by Gasteiger charge is 2.19. The van der Waals surface area contributed by atoms with E-state index in [2.05, 4.69) is 17.1 Å². The van der Waals surface area contributed by atoms with Gasteiger partial charge in [-0.15, -0.1) is 0 Å². The Morgan fingerprint density at radius 1 is 1.27 bits per heavy atom. The van der Waals surface area contributed by atoms with Gasteiger partial charge >= 0.3 is 0 Å². The number of hydrogen-bond acceptors (Lipinski definition) is 4. The number of nitrogens with one attached hydrogen (secondary N) is 1. The van der Waals surface area contributed by atoms with Crippen molar-refractivity contribution in [2.75, 3.05) is 18.8 Å². The standard InChI is InChI=1S/C16H20N2O2S2/c1-12-7-9-18(10-8-12)16(21)22-11-14(19)17-15(20)13-5-3-2-4-6-13/h2-6,12H,7-11H2,1H3,(H,17,19,20). The van der Waals surface area contributed by atoms with E-state index in [9.17, 15) is 9.59 Å². The number of hydrogen-bond donors (Lipinski definition) is 1. The monoisotopic (exact) mass is 336 g/mol. The normalized spacial score (nSPS) is 15.4. The van der Waals surface area contributed by atoms with Crippen molar-refractivity contribution in [1.82, 2.24) is 10.2 Å². The Kier molecular flexibility index (Phi) is 6.39. The molecule has 6 heteroatoms. The van der Waals surface area contributed by atoms with Crippen LogP contribution in [0.5, 0.6) is 0 Å². The number of imide groups is 1. The van der Waals surface area contributed by atoms with E-state index in [4.69, 9.17) is 12.2 Å². The largest absolute Gasteiger partial charge is 0.357 e. The van der Waals surface area contributed by atoms with Crippen LogP contribution in [0.4, 0.5) is 0 Å². The van der Waals surface area contributed by atoms with Gasteiger partial charge in [0.15, 0.2) is 0 Å². The van der Waals surface area contributed by atoms with Crippen LogP contribution in [0.1, 0.15) is 30.1 Å². The van der Waals surface area contributed by atoms with Crippen LogP contribution in [0.25, 0.3) is 0 Å². The molecule has 1 N–H and O–H groups in total. The quantitative estimate of drug-likeness (QED) is 0.860. The predicted molar refractivity (Wildman–Crippen MR) is 93.9 cm³/mol. The van der Waals surface area contributed by atoms with Crippen molar-refractivity contribution in [1.29, 1.82) is 0 Å². The highest BCUT2D eigenvalue weighted by atomic mass is 32.2. The molecule has 2 amide bonds. The molecule has 0 saturated carbocycles. The lowest BCUT2D eigenvalue weighted by Crippen LogP contribution is -2.37. The van der Waals surface area contributed by atoms with Crippen molar-refractivity contribution >= 4 is 40.1 Å². The maximum Gasteiger partial charge on any atom is 0.257 e. The number of carbonyl (C=O) groups excluding carboxylic acids is 2. The first-order valence-corrected chi connectivity index (χ1v) is 8.76. The average Bonchev–Trinajstić information content (AvgIpc) is 2.54. The van der Waals surface area contributed by atoms with Gasteiger partial charge in [0.2, 0.25) is 5.91 Å². The van der Waals surface area contributed by atoms with Gasteiger partial charge in [0.1, 0.15) is 4.32 Å². The number of benzene rings is 1. The fourth-order valence-electron chi connectivity index (χ4n) is 2.23. The van der Waals surface area contributed by atoms with Gasteiger partial charge < -0.3 is 4.90 Å². The van der Waals surface area contributed by atoms with Gasteiger partial charge in [-0.25, -0.2) is 0 Å². The van der Waals surface area contributed by atoms with Crippen LogP contribution >= 0.6 is 24.0 Å². The van der Waals surface area contributed by atoms with Gasteiger partial charge in [0.05, 0.1) is 5.75 Å². The molecule has 0 atom stereocenters. The second-order valence-corrected chi connectivity index (χ2v) is 7.08. The molecule has 1 aliphatic heterocycles. The Balaban J connectivity index is 1.73. The highest BCUT2D eigenvalue weighted by molar-refractivity contribution is 8.23. The molecule has 1 aliphatic rings. The van der Waals surface area contributed by atoms with Crippen molar-refractivity contribution in [3.05, 3.63) is 35.9 Å². The number of amides is 2. The van der Waals surface area contributed by atoms with Gasteiger partial charge in [0.25, 0.3) is 5.91 Å². The van der Waals surface area contributed by atoms with Gasteiger partial charge in [-0.2, -0.15) is 0 Å². The molecule has 22 heavy (non-hydrogen) atoms. The van der Waals surface area contributed by atoms with Gasteiger partial charge in [-0.05, 0) is 30.9 Å². The van der Waals surface area contributed by atoms with E-state index in [0.29, 0.717) is 5.56 Å². The van der Waals surface area contributed by atoms with Gasteiger partial charge in [-0.3, -0.25) is 14.9 Å². The van der Waals surface area contributed by atoms with Crippen molar-refractivity contribution in [2.45, 2.75) is 19.8 Å². The lowest BCUT2D eigenvalue weighted by molar-refractivity contribution is -0.117. The number of thiocarbonyl (C=S) groups is 1. The molecule has 0 aliphatic carbocycles. The molecular weight excluding hydrogens is 316 g/mol. The first-order chi connectivity index (χ1) is 10.6. The van der Waals surface area contributed by atoms with Crippen molar-refractivity contribution in [2.24, 2.45) is 5.92 Å². The number of rotatable bonds is 3. The molecule has 2 rings (SSSR count). The second kappa shape index (κ2) is 8.29. The summed E-state index contributed by atoms with van der Waals surface area (Å²) < 4.78 is 0.745. The summed E-state index contributed by atoms with van der Waals surface area (Å²) in [5, 5.41) is 2.38. The third-order valence-electron chi connectivity index (χ3n) is 3.66. The first kappa shape index (κ1) is 17.0. The molecule has 4 nitrogen and oxygen atoms in total. The number of thioether (sulfide) groups is 1. The van der Waals surface area contributed by atoms with Crippen molar-refractivity contribution in [3.8, 4) is 0 Å². The Morgan fingerprint density at radius 2 is 1.91 bits per heavy atom. The van der Waals surface area contributed by atoms with E-state index in [1.807, 2.05) is 6.07 Å². The lowest BCUT2D eigenvalue weighted by Gasteiger charge is -2.31. The summed E-state index contributed by atoms with van der Waals surface area (Å²) in [4.78, 5) is 25.8. The molecular formula is C16H20N2O2S2. The third kappa shape index (κ3) is 5.10. The Bertz CT molecular complexity index is 540. The van der Waals surface area contributed by atoms with E-state index in [1.54, 1.807) is 24.3 Å². The first-order valence-electron chi connectivity index (χ1n) is 7.37. The summed E-state index contributed by atoms with van der Waals surface area (Å²) in [5.74, 6) is 0.232. The molecule has 1 heterocycles. The Morgan fingerprint density at radius 3 is 2.55 bits per heavy atom. The molecule has 0 radical (unpaired) electrons. The summed E-state index contributed by atoms with van der Waals surface area (Å²) in [6, 6.07) is 8.71. The summed E-state index contributed by atoms with van der Waals surface area (Å²) in [5.41, 5.74) is 0.480. The fourth-order valence-corrected chi connectivity index (χ4v) is 3.29. The molecule has 1 fully saturated rings. The highest BCUT2D eigenvalue weighted by Crippen LogP contribution is 2.20. The van der Waals surface area contributed by atoms with Gasteiger partial charge in [-0.1, -0.05) is 49.1 Å². The number of carbonyl (C=O) groups is 2. The maximum absolute atomic E-state index is 11.9. The molecule has 1 aromatic carbocycles. The summed E-state index contributed by atoms with van der Waals surface area (Å²) in [6.07, 6.45) is 2.28. The zero-order valence-corrected chi connectivity index (χ0v) is 14.2. The zero-order chi connectivity index (χ0) is 15.9. The smallest absolute Gasteiger partial charge is 0.257 e. The van der Waals surface area contributed by atoms with Crippen molar-refractivity contribution < 1.29 is 9.59 Å². The fraction of sp³-hybridized carbons (Fsp3) is 0.438. The number of nitrogens with zero attached hydrogens (tertiary/aromatic N) is 1. The summed E-state index contributed by atoms with van der Waals surface area (Å²) >= 11 is 6.68. The van der Waals surface area contributed by atoms with E-state index in [0.717, 1.165) is 36.2 Å². The van der Waals surface area contributed by atoms with Crippen LogP contribution in [-0.2, 0) is 4.79 Å². The van der Waals surface area contributed by atoms with E-state index >= 15 is 0 Å². The average molecular weight is 336 g/mol. The maximum atomic E-state index is 11.9.